The molecule has 7 heteroatoms. The number of hydrogen-bond donors (Lipinski definition) is 2. The van der Waals surface area contributed by atoms with E-state index in [-0.39, 0.29) is 18.7 Å². The van der Waals surface area contributed by atoms with Crippen molar-refractivity contribution in [2.75, 3.05) is 39.5 Å². The molecule has 1 aliphatic heterocycles. The van der Waals surface area contributed by atoms with Gasteiger partial charge in [0, 0.05) is 26.2 Å². The molecule has 21 heavy (non-hydrogen) atoms. The summed E-state index contributed by atoms with van der Waals surface area (Å²) in [7, 11) is 0. The van der Waals surface area contributed by atoms with Crippen LogP contribution in [0.2, 0.25) is 0 Å². The molecule has 1 saturated carbocycles. The van der Waals surface area contributed by atoms with Gasteiger partial charge in [0.05, 0.1) is 12.7 Å². The number of ether oxygens (including phenoxy) is 2. The highest BCUT2D eigenvalue weighted by molar-refractivity contribution is 5.74. The number of nitrogens with one attached hydrogen (secondary N) is 1. The molecule has 0 aromatic heterocycles. The summed E-state index contributed by atoms with van der Waals surface area (Å²) >= 11 is 0. The van der Waals surface area contributed by atoms with Crippen molar-refractivity contribution in [1.82, 2.24) is 10.2 Å². The third-order valence-corrected chi connectivity index (χ3v) is 3.74. The van der Waals surface area contributed by atoms with Gasteiger partial charge in [-0.2, -0.15) is 0 Å². The van der Waals surface area contributed by atoms with Crippen LogP contribution in [0, 0.1) is 5.92 Å². The summed E-state index contributed by atoms with van der Waals surface area (Å²) in [5.74, 6) is -0.216. The number of rotatable bonds is 8. The zero-order valence-corrected chi connectivity index (χ0v) is 12.3. The van der Waals surface area contributed by atoms with Crippen LogP contribution in [0.4, 0.5) is 4.79 Å². The number of amides is 2. The highest BCUT2D eigenvalue weighted by atomic mass is 16.5. The Balaban J connectivity index is 1.51. The third-order valence-electron chi connectivity index (χ3n) is 3.74. The van der Waals surface area contributed by atoms with Crippen LogP contribution in [0.5, 0.6) is 0 Å². The monoisotopic (exact) mass is 300 g/mol. The van der Waals surface area contributed by atoms with Gasteiger partial charge in [0.2, 0.25) is 0 Å². The number of likely N-dealkylation sites (tertiary alicyclic amines) is 1. The summed E-state index contributed by atoms with van der Waals surface area (Å²) in [6.45, 7) is 2.82. The van der Waals surface area contributed by atoms with E-state index < -0.39 is 5.97 Å². The van der Waals surface area contributed by atoms with E-state index in [1.165, 1.54) is 12.8 Å². The maximum atomic E-state index is 11.9. The Morgan fingerprint density at radius 3 is 2.52 bits per heavy atom. The average Bonchev–Trinajstić information content (AvgIpc) is 3.29. The summed E-state index contributed by atoms with van der Waals surface area (Å²) in [6.07, 6.45) is 3.83. The molecule has 2 fully saturated rings. The smallest absolute Gasteiger partial charge is 0.329 e. The summed E-state index contributed by atoms with van der Waals surface area (Å²) in [4.78, 5) is 24.1. The number of carboxylic acids is 1. The van der Waals surface area contributed by atoms with Gasteiger partial charge >= 0.3 is 12.0 Å². The molecule has 2 rings (SSSR count). The van der Waals surface area contributed by atoms with Crippen molar-refractivity contribution in [3.05, 3.63) is 0 Å². The van der Waals surface area contributed by atoms with Crippen molar-refractivity contribution in [3.8, 4) is 0 Å². The van der Waals surface area contributed by atoms with Gasteiger partial charge in [0.25, 0.3) is 0 Å². The number of carbonyl (C=O) groups excluding carboxylic acids is 1. The molecule has 7 nitrogen and oxygen atoms in total. The standard InChI is InChI=1S/C14H24N2O5/c17-13(18)10-21-12-3-6-16(7-4-12)14(19)15-5-8-20-9-11-1-2-11/h11-12H,1-10H2,(H,15,19)(H,17,18). The molecule has 1 heterocycles. The van der Waals surface area contributed by atoms with Crippen LogP contribution in [-0.2, 0) is 14.3 Å². The number of aliphatic carboxylic acids is 1. The highest BCUT2D eigenvalue weighted by Gasteiger charge is 2.24. The molecule has 0 aromatic carbocycles. The molecule has 0 aromatic rings. The molecule has 120 valence electrons. The van der Waals surface area contributed by atoms with E-state index in [1.807, 2.05) is 0 Å². The molecular formula is C14H24N2O5. The number of nitrogens with zero attached hydrogens (tertiary/aromatic N) is 1. The van der Waals surface area contributed by atoms with E-state index in [0.29, 0.717) is 39.1 Å². The summed E-state index contributed by atoms with van der Waals surface area (Å²) < 4.78 is 10.7. The maximum Gasteiger partial charge on any atom is 0.329 e. The van der Waals surface area contributed by atoms with Crippen molar-refractivity contribution < 1.29 is 24.2 Å². The van der Waals surface area contributed by atoms with Crippen molar-refractivity contribution in [3.63, 3.8) is 0 Å². The van der Waals surface area contributed by atoms with Crippen LogP contribution in [0.25, 0.3) is 0 Å². The summed E-state index contributed by atoms with van der Waals surface area (Å²) in [5, 5.41) is 11.4. The predicted octanol–water partition coefficient (Wildman–Crippen LogP) is 0.688. The van der Waals surface area contributed by atoms with Gasteiger partial charge in [-0.1, -0.05) is 0 Å². The van der Waals surface area contributed by atoms with E-state index >= 15 is 0 Å². The minimum Gasteiger partial charge on any atom is -0.480 e. The Hall–Kier alpha value is -1.34. The Kier molecular flexibility index (Phi) is 6.25. The highest BCUT2D eigenvalue weighted by Crippen LogP contribution is 2.28. The quantitative estimate of drug-likeness (QED) is 0.644. The Labute approximate surface area is 124 Å². The van der Waals surface area contributed by atoms with E-state index in [0.717, 1.165) is 12.5 Å². The SMILES string of the molecule is O=C(O)COC1CCN(C(=O)NCCOCC2CC2)CC1. The van der Waals surface area contributed by atoms with Gasteiger partial charge in [-0.15, -0.1) is 0 Å². The zero-order valence-electron chi connectivity index (χ0n) is 12.3. The number of carboxylic acid groups (broad SMARTS) is 1. The normalized spacial score (nSPS) is 19.5. The van der Waals surface area contributed by atoms with Gasteiger partial charge in [0.1, 0.15) is 6.61 Å². The van der Waals surface area contributed by atoms with Crippen LogP contribution in [-0.4, -0.2) is 67.6 Å². The Morgan fingerprint density at radius 1 is 1.19 bits per heavy atom. The fourth-order valence-electron chi connectivity index (χ4n) is 2.29. The Bertz CT molecular complexity index is 351. The second kappa shape index (κ2) is 8.19. The number of carbonyl (C=O) groups is 2. The molecule has 1 aliphatic carbocycles. The molecule has 0 bridgehead atoms. The number of hydrogen-bond acceptors (Lipinski definition) is 4. The first-order valence-electron chi connectivity index (χ1n) is 7.59. The molecule has 0 radical (unpaired) electrons. The Morgan fingerprint density at radius 2 is 1.90 bits per heavy atom. The van der Waals surface area contributed by atoms with Gasteiger partial charge < -0.3 is 24.8 Å². The second-order valence-corrected chi connectivity index (χ2v) is 5.64. The molecule has 1 saturated heterocycles. The van der Waals surface area contributed by atoms with Crippen molar-refractivity contribution >= 4 is 12.0 Å². The fraction of sp³-hybridized carbons (Fsp3) is 0.857. The van der Waals surface area contributed by atoms with Gasteiger partial charge in [-0.3, -0.25) is 0 Å². The van der Waals surface area contributed by atoms with Crippen LogP contribution in [0.15, 0.2) is 0 Å². The van der Waals surface area contributed by atoms with Crippen LogP contribution in [0.3, 0.4) is 0 Å². The van der Waals surface area contributed by atoms with Gasteiger partial charge in [0.15, 0.2) is 0 Å². The molecule has 2 aliphatic rings. The number of urea groups is 1. The first kappa shape index (κ1) is 16.0. The van der Waals surface area contributed by atoms with Crippen molar-refractivity contribution in [1.29, 1.82) is 0 Å². The first-order chi connectivity index (χ1) is 10.1. The van der Waals surface area contributed by atoms with Crippen LogP contribution in [0.1, 0.15) is 25.7 Å². The van der Waals surface area contributed by atoms with Crippen molar-refractivity contribution in [2.45, 2.75) is 31.8 Å². The molecular weight excluding hydrogens is 276 g/mol. The minimum atomic E-state index is -0.957. The van der Waals surface area contributed by atoms with E-state index in [4.69, 9.17) is 14.6 Å². The third kappa shape index (κ3) is 6.31. The lowest BCUT2D eigenvalue weighted by atomic mass is 10.1. The zero-order chi connectivity index (χ0) is 15.1. The van der Waals surface area contributed by atoms with Crippen molar-refractivity contribution in [2.24, 2.45) is 5.92 Å². The van der Waals surface area contributed by atoms with E-state index in [1.54, 1.807) is 4.90 Å². The summed E-state index contributed by atoms with van der Waals surface area (Å²) in [5.41, 5.74) is 0. The average molecular weight is 300 g/mol. The van der Waals surface area contributed by atoms with Gasteiger partial charge in [-0.25, -0.2) is 9.59 Å². The predicted molar refractivity (Wildman–Crippen MR) is 75.1 cm³/mol. The fourth-order valence-corrected chi connectivity index (χ4v) is 2.29. The minimum absolute atomic E-state index is 0.0629. The molecule has 0 atom stereocenters. The maximum absolute atomic E-state index is 11.9. The van der Waals surface area contributed by atoms with Crippen LogP contribution >= 0.6 is 0 Å². The molecule has 2 N–H and O–H groups in total. The first-order valence-corrected chi connectivity index (χ1v) is 7.59. The van der Waals surface area contributed by atoms with E-state index in [9.17, 15) is 9.59 Å². The largest absolute Gasteiger partial charge is 0.480 e. The lowest BCUT2D eigenvalue weighted by Gasteiger charge is -2.31. The second-order valence-electron chi connectivity index (χ2n) is 5.64. The number of piperidine rings is 1. The molecule has 0 spiro atoms. The lowest BCUT2D eigenvalue weighted by molar-refractivity contribution is -0.145. The van der Waals surface area contributed by atoms with Crippen LogP contribution < -0.4 is 5.32 Å². The molecule has 0 unspecified atom stereocenters. The van der Waals surface area contributed by atoms with E-state index in [2.05, 4.69) is 5.32 Å². The lowest BCUT2D eigenvalue weighted by Crippen LogP contribution is -2.46. The summed E-state index contributed by atoms with van der Waals surface area (Å²) in [6, 6.07) is -0.0818. The van der Waals surface area contributed by atoms with Gasteiger partial charge in [-0.05, 0) is 31.6 Å². The topological polar surface area (TPSA) is 88.1 Å². The molecule has 2 amide bonds.